The van der Waals surface area contributed by atoms with Gasteiger partial charge in [0.1, 0.15) is 0 Å². The Morgan fingerprint density at radius 1 is 0.750 bits per heavy atom. The van der Waals surface area contributed by atoms with E-state index >= 15 is 0 Å². The summed E-state index contributed by atoms with van der Waals surface area (Å²) in [5.74, 6) is 0. The predicted molar refractivity (Wildman–Crippen MR) is 85.8 cm³/mol. The van der Waals surface area contributed by atoms with Gasteiger partial charge in [0.15, 0.2) is 0 Å². The van der Waals surface area contributed by atoms with Crippen LogP contribution in [-0.2, 0) is 6.42 Å². The summed E-state index contributed by atoms with van der Waals surface area (Å²) in [5, 5.41) is 5.39. The summed E-state index contributed by atoms with van der Waals surface area (Å²) in [6.07, 6.45) is 6.87. The lowest BCUT2D eigenvalue weighted by Crippen LogP contribution is -1.87. The minimum Gasteiger partial charge on any atom is -0.0798 e. The largest absolute Gasteiger partial charge is 0.0798 e. The summed E-state index contributed by atoms with van der Waals surface area (Å²) in [6, 6.07) is 18.0. The third-order valence-electron chi connectivity index (χ3n) is 4.65. The van der Waals surface area contributed by atoms with Gasteiger partial charge >= 0.3 is 0 Å². The van der Waals surface area contributed by atoms with Gasteiger partial charge in [-0.2, -0.15) is 0 Å². The van der Waals surface area contributed by atoms with Crippen LogP contribution in [0.1, 0.15) is 17.5 Å². The van der Waals surface area contributed by atoms with Gasteiger partial charge in [0, 0.05) is 0 Å². The van der Waals surface area contributed by atoms with Crippen LogP contribution < -0.4 is 0 Å². The molecule has 0 aliphatic heterocycles. The first-order valence-electron chi connectivity index (χ1n) is 7.23. The maximum Gasteiger partial charge on any atom is -0.00484 e. The molecular weight excluding hydrogens is 240 g/mol. The molecule has 0 heterocycles. The van der Waals surface area contributed by atoms with Gasteiger partial charge in [-0.3, -0.25) is 0 Å². The van der Waals surface area contributed by atoms with Gasteiger partial charge in [0.05, 0.1) is 0 Å². The Hall–Kier alpha value is -2.34. The van der Waals surface area contributed by atoms with Crippen LogP contribution in [0.3, 0.4) is 0 Å². The topological polar surface area (TPSA) is 0 Å². The van der Waals surface area contributed by atoms with E-state index in [1.807, 2.05) is 0 Å². The fourth-order valence-corrected chi connectivity index (χ4v) is 3.66. The van der Waals surface area contributed by atoms with Crippen LogP contribution in [0.5, 0.6) is 0 Å². The van der Waals surface area contributed by atoms with Gasteiger partial charge in [0.2, 0.25) is 0 Å². The molecule has 20 heavy (non-hydrogen) atoms. The molecule has 0 fully saturated rings. The van der Waals surface area contributed by atoms with Crippen LogP contribution in [-0.4, -0.2) is 0 Å². The standard InChI is InChI=1S/C20H14/c1-2-5-14-9-17-12-20-18(10-15-6-3-7-19(15)20)11-16(17)8-13(14)4-1/h1-5,7-9,11-12H,6,10H2. The van der Waals surface area contributed by atoms with Crippen LogP contribution in [0, 0.1) is 0 Å². The van der Waals surface area contributed by atoms with Crippen molar-refractivity contribution in [2.24, 2.45) is 0 Å². The molecule has 0 amide bonds. The number of hydrogen-bond acceptors (Lipinski definition) is 0. The maximum atomic E-state index is 2.39. The van der Waals surface area contributed by atoms with Gasteiger partial charge in [0.25, 0.3) is 0 Å². The molecule has 0 heteroatoms. The molecule has 94 valence electrons. The molecule has 2 aliphatic carbocycles. The molecule has 0 N–H and O–H groups in total. The maximum absolute atomic E-state index is 2.39. The van der Waals surface area contributed by atoms with E-state index in [0.717, 1.165) is 12.8 Å². The zero-order valence-electron chi connectivity index (χ0n) is 11.2. The third-order valence-corrected chi connectivity index (χ3v) is 4.65. The zero-order chi connectivity index (χ0) is 13.1. The smallest absolute Gasteiger partial charge is 0.00484 e. The molecule has 0 unspecified atom stereocenters. The van der Waals surface area contributed by atoms with Gasteiger partial charge in [-0.15, -0.1) is 0 Å². The van der Waals surface area contributed by atoms with E-state index in [9.17, 15) is 0 Å². The number of allylic oxidation sites excluding steroid dienone is 4. The summed E-state index contributed by atoms with van der Waals surface area (Å²) in [7, 11) is 0. The number of rotatable bonds is 0. The average Bonchev–Trinajstić information content (AvgIpc) is 3.03. The van der Waals surface area contributed by atoms with Gasteiger partial charge in [-0.05, 0) is 69.3 Å². The van der Waals surface area contributed by atoms with E-state index in [1.54, 1.807) is 5.57 Å². The first-order valence-corrected chi connectivity index (χ1v) is 7.23. The Morgan fingerprint density at radius 2 is 1.50 bits per heavy atom. The SMILES string of the molecule is C1=CC2=C(C1)Cc1cc3cc4ccccc4cc3cc12. The minimum atomic E-state index is 1.14. The van der Waals surface area contributed by atoms with E-state index < -0.39 is 0 Å². The fraction of sp³-hybridized carbons (Fsp3) is 0.100. The fourth-order valence-electron chi connectivity index (χ4n) is 3.66. The van der Waals surface area contributed by atoms with Crippen molar-refractivity contribution in [1.29, 1.82) is 0 Å². The van der Waals surface area contributed by atoms with Crippen LogP contribution in [0.15, 0.2) is 66.3 Å². The molecule has 0 aromatic heterocycles. The second-order valence-electron chi connectivity index (χ2n) is 5.86. The highest BCUT2D eigenvalue weighted by Crippen LogP contribution is 2.41. The molecule has 0 saturated carbocycles. The molecule has 5 rings (SSSR count). The molecule has 0 atom stereocenters. The second-order valence-corrected chi connectivity index (χ2v) is 5.86. The predicted octanol–water partition coefficient (Wildman–Crippen LogP) is 5.26. The molecule has 0 bridgehead atoms. The Balaban J connectivity index is 1.85. The lowest BCUT2D eigenvalue weighted by Gasteiger charge is -2.07. The van der Waals surface area contributed by atoms with Crippen molar-refractivity contribution in [3.8, 4) is 0 Å². The summed E-state index contributed by atoms with van der Waals surface area (Å²) >= 11 is 0. The first kappa shape index (κ1) is 10.4. The Kier molecular flexibility index (Phi) is 1.88. The molecule has 3 aromatic carbocycles. The van der Waals surface area contributed by atoms with Crippen LogP contribution in [0.25, 0.3) is 27.1 Å². The molecule has 0 nitrogen and oxygen atoms in total. The molecular formula is C20H14. The molecule has 0 saturated heterocycles. The summed E-state index contributed by atoms with van der Waals surface area (Å²) in [6.45, 7) is 0. The van der Waals surface area contributed by atoms with Crippen molar-refractivity contribution in [1.82, 2.24) is 0 Å². The molecule has 2 aliphatic rings. The second kappa shape index (κ2) is 3.61. The Bertz CT molecular complexity index is 939. The molecule has 0 spiro atoms. The normalized spacial score (nSPS) is 16.2. The highest BCUT2D eigenvalue weighted by molar-refractivity contribution is 6.01. The van der Waals surface area contributed by atoms with Crippen LogP contribution >= 0.6 is 0 Å². The lowest BCUT2D eigenvalue weighted by molar-refractivity contribution is 1.12. The van der Waals surface area contributed by atoms with E-state index in [4.69, 9.17) is 0 Å². The van der Waals surface area contributed by atoms with Gasteiger partial charge < -0.3 is 0 Å². The van der Waals surface area contributed by atoms with Crippen molar-refractivity contribution in [2.45, 2.75) is 12.8 Å². The highest BCUT2D eigenvalue weighted by Gasteiger charge is 2.22. The van der Waals surface area contributed by atoms with E-state index in [1.165, 1.54) is 38.2 Å². The Morgan fingerprint density at radius 3 is 2.30 bits per heavy atom. The number of benzene rings is 3. The quantitative estimate of drug-likeness (QED) is 0.480. The van der Waals surface area contributed by atoms with Gasteiger partial charge in [-0.25, -0.2) is 0 Å². The van der Waals surface area contributed by atoms with Crippen molar-refractivity contribution >= 4 is 27.1 Å². The summed E-state index contributed by atoms with van der Waals surface area (Å²) in [4.78, 5) is 0. The van der Waals surface area contributed by atoms with Crippen molar-refractivity contribution in [3.63, 3.8) is 0 Å². The Labute approximate surface area is 118 Å². The minimum absolute atomic E-state index is 1.14. The third kappa shape index (κ3) is 1.31. The van der Waals surface area contributed by atoms with Crippen LogP contribution in [0.4, 0.5) is 0 Å². The molecule has 3 aromatic rings. The van der Waals surface area contributed by atoms with E-state index in [0.29, 0.717) is 0 Å². The average molecular weight is 254 g/mol. The lowest BCUT2D eigenvalue weighted by atomic mass is 9.97. The summed E-state index contributed by atoms with van der Waals surface area (Å²) < 4.78 is 0. The summed E-state index contributed by atoms with van der Waals surface area (Å²) in [5.41, 5.74) is 6.04. The first-order chi connectivity index (χ1) is 9.88. The van der Waals surface area contributed by atoms with E-state index in [2.05, 4.69) is 60.7 Å². The van der Waals surface area contributed by atoms with Gasteiger partial charge in [-0.1, -0.05) is 48.1 Å². The van der Waals surface area contributed by atoms with Crippen molar-refractivity contribution < 1.29 is 0 Å². The van der Waals surface area contributed by atoms with Crippen LogP contribution in [0.2, 0.25) is 0 Å². The molecule has 0 radical (unpaired) electrons. The number of hydrogen-bond donors (Lipinski definition) is 0. The zero-order valence-corrected chi connectivity index (χ0v) is 11.2. The monoisotopic (exact) mass is 254 g/mol. The number of fused-ring (bicyclic) bond motifs is 4. The van der Waals surface area contributed by atoms with Crippen molar-refractivity contribution in [2.75, 3.05) is 0 Å². The highest BCUT2D eigenvalue weighted by atomic mass is 14.3. The van der Waals surface area contributed by atoms with E-state index in [-0.39, 0.29) is 0 Å². The van der Waals surface area contributed by atoms with Crippen molar-refractivity contribution in [3.05, 3.63) is 77.4 Å².